The van der Waals surface area contributed by atoms with E-state index in [0.717, 1.165) is 6.07 Å². The first kappa shape index (κ1) is 14.6. The zero-order valence-corrected chi connectivity index (χ0v) is 11.5. The van der Waals surface area contributed by atoms with E-state index in [4.69, 9.17) is 0 Å². The Labute approximate surface area is 119 Å². The maximum Gasteiger partial charge on any atom is 0.281 e. The summed E-state index contributed by atoms with van der Waals surface area (Å²) in [6.07, 6.45) is 1.41. The van der Waals surface area contributed by atoms with E-state index in [1.165, 1.54) is 23.2 Å². The number of non-ortho nitro benzene ring substituents is 1. The van der Waals surface area contributed by atoms with Gasteiger partial charge < -0.3 is 10.2 Å². The van der Waals surface area contributed by atoms with Crippen molar-refractivity contribution < 1.29 is 14.1 Å². The molecule has 8 heteroatoms. The quantitative estimate of drug-likeness (QED) is 0.685. The number of amides is 1. The summed E-state index contributed by atoms with van der Waals surface area (Å²) < 4.78 is 14.1. The van der Waals surface area contributed by atoms with Gasteiger partial charge in [-0.25, -0.2) is 4.39 Å². The van der Waals surface area contributed by atoms with Gasteiger partial charge in [-0.15, -0.1) is 0 Å². The average Bonchev–Trinajstić information content (AvgIpc) is 2.44. The van der Waals surface area contributed by atoms with Crippen LogP contribution < -0.4 is 5.32 Å². The van der Waals surface area contributed by atoms with E-state index < -0.39 is 10.7 Å². The van der Waals surface area contributed by atoms with Gasteiger partial charge in [0.05, 0.1) is 28.6 Å². The van der Waals surface area contributed by atoms with Gasteiger partial charge in [0.1, 0.15) is 5.52 Å². The van der Waals surface area contributed by atoms with E-state index in [-0.39, 0.29) is 34.7 Å². The van der Waals surface area contributed by atoms with Gasteiger partial charge in [0, 0.05) is 20.3 Å². The number of fused-ring (bicyclic) bond motifs is 1. The molecule has 0 aliphatic heterocycles. The zero-order chi connectivity index (χ0) is 15.6. The molecule has 0 spiro atoms. The SMILES string of the molecule is CN(C)C(=O)CNc1c(F)cc([N+](=O)[O-])c2cccnc12. The van der Waals surface area contributed by atoms with Crippen LogP contribution in [0, 0.1) is 15.9 Å². The van der Waals surface area contributed by atoms with Gasteiger partial charge in [0.15, 0.2) is 5.82 Å². The highest BCUT2D eigenvalue weighted by Crippen LogP contribution is 2.32. The highest BCUT2D eigenvalue weighted by Gasteiger charge is 2.20. The van der Waals surface area contributed by atoms with Crippen molar-refractivity contribution in [1.82, 2.24) is 9.88 Å². The maximum absolute atomic E-state index is 14.1. The number of hydrogen-bond donors (Lipinski definition) is 1. The fourth-order valence-corrected chi connectivity index (χ4v) is 1.84. The Morgan fingerprint density at radius 2 is 2.24 bits per heavy atom. The van der Waals surface area contributed by atoms with E-state index in [1.54, 1.807) is 14.1 Å². The Balaban J connectivity index is 2.49. The number of nitrogens with one attached hydrogen (secondary N) is 1. The molecule has 0 saturated carbocycles. The van der Waals surface area contributed by atoms with E-state index in [2.05, 4.69) is 10.3 Å². The van der Waals surface area contributed by atoms with Crippen LogP contribution in [0.3, 0.4) is 0 Å². The normalized spacial score (nSPS) is 10.4. The molecule has 0 atom stereocenters. The fourth-order valence-electron chi connectivity index (χ4n) is 1.84. The topological polar surface area (TPSA) is 88.4 Å². The summed E-state index contributed by atoms with van der Waals surface area (Å²) in [6.45, 7) is -0.132. The lowest BCUT2D eigenvalue weighted by Gasteiger charge is -2.13. The van der Waals surface area contributed by atoms with Gasteiger partial charge in [0.2, 0.25) is 5.91 Å². The first-order chi connectivity index (χ1) is 9.91. The predicted octanol–water partition coefficient (Wildman–Crippen LogP) is 1.78. The number of anilines is 1. The average molecular weight is 292 g/mol. The summed E-state index contributed by atoms with van der Waals surface area (Å²) in [5.74, 6) is -1.07. The van der Waals surface area contributed by atoms with Crippen LogP contribution in [0.15, 0.2) is 24.4 Å². The largest absolute Gasteiger partial charge is 0.372 e. The number of hydrogen-bond acceptors (Lipinski definition) is 5. The van der Waals surface area contributed by atoms with Crippen molar-refractivity contribution in [1.29, 1.82) is 0 Å². The summed E-state index contributed by atoms with van der Waals surface area (Å²) in [7, 11) is 3.15. The van der Waals surface area contributed by atoms with Gasteiger partial charge >= 0.3 is 0 Å². The third-order valence-electron chi connectivity index (χ3n) is 2.93. The van der Waals surface area contributed by atoms with Gasteiger partial charge in [-0.1, -0.05) is 0 Å². The van der Waals surface area contributed by atoms with E-state index in [9.17, 15) is 19.3 Å². The molecule has 21 heavy (non-hydrogen) atoms. The van der Waals surface area contributed by atoms with Crippen LogP contribution in [0.25, 0.3) is 10.9 Å². The van der Waals surface area contributed by atoms with E-state index >= 15 is 0 Å². The van der Waals surface area contributed by atoms with Gasteiger partial charge in [0.25, 0.3) is 5.69 Å². The monoisotopic (exact) mass is 292 g/mol. The highest BCUT2D eigenvalue weighted by atomic mass is 19.1. The number of nitro benzene ring substituents is 1. The molecular weight excluding hydrogens is 279 g/mol. The van der Waals surface area contributed by atoms with Crippen LogP contribution in [-0.2, 0) is 4.79 Å². The number of pyridine rings is 1. The number of carbonyl (C=O) groups excluding carboxylic acids is 1. The third kappa shape index (κ3) is 2.88. The van der Waals surface area contributed by atoms with Crippen LogP contribution >= 0.6 is 0 Å². The molecule has 2 rings (SSSR count). The second kappa shape index (κ2) is 5.70. The van der Waals surface area contributed by atoms with Crippen molar-refractivity contribution in [2.75, 3.05) is 26.0 Å². The Morgan fingerprint density at radius 3 is 2.86 bits per heavy atom. The molecule has 1 aromatic heterocycles. The van der Waals surface area contributed by atoms with Crippen molar-refractivity contribution in [3.05, 3.63) is 40.3 Å². The van der Waals surface area contributed by atoms with Crippen molar-refractivity contribution in [3.8, 4) is 0 Å². The number of nitrogens with zero attached hydrogens (tertiary/aromatic N) is 3. The smallest absolute Gasteiger partial charge is 0.281 e. The molecule has 0 saturated heterocycles. The molecule has 1 amide bonds. The van der Waals surface area contributed by atoms with Crippen LogP contribution in [0.5, 0.6) is 0 Å². The van der Waals surface area contributed by atoms with Gasteiger partial charge in [-0.3, -0.25) is 19.9 Å². The summed E-state index contributed by atoms with van der Waals surface area (Å²) in [6, 6.07) is 3.84. The number of nitro groups is 1. The highest BCUT2D eigenvalue weighted by molar-refractivity contribution is 5.97. The zero-order valence-electron chi connectivity index (χ0n) is 11.5. The fraction of sp³-hybridized carbons (Fsp3) is 0.231. The minimum absolute atomic E-state index is 0.0219. The van der Waals surface area contributed by atoms with Crippen LogP contribution in [0.4, 0.5) is 15.8 Å². The van der Waals surface area contributed by atoms with E-state index in [0.29, 0.717) is 0 Å². The molecule has 0 radical (unpaired) electrons. The maximum atomic E-state index is 14.1. The first-order valence-corrected chi connectivity index (χ1v) is 6.07. The van der Waals surface area contributed by atoms with Crippen molar-refractivity contribution in [3.63, 3.8) is 0 Å². The molecule has 0 aliphatic carbocycles. The molecule has 0 fully saturated rings. The Morgan fingerprint density at radius 1 is 1.52 bits per heavy atom. The van der Waals surface area contributed by atoms with Crippen LogP contribution in [-0.4, -0.2) is 41.4 Å². The standard InChI is InChI=1S/C13H13FN4O3/c1-17(2)11(19)7-16-13-9(14)6-10(18(20)21)8-4-3-5-15-12(8)13/h3-6,16H,7H2,1-2H3. The third-order valence-corrected chi connectivity index (χ3v) is 2.93. The second-order valence-corrected chi connectivity index (χ2v) is 4.55. The molecule has 0 unspecified atom stereocenters. The van der Waals surface area contributed by atoms with Gasteiger partial charge in [-0.05, 0) is 12.1 Å². The molecule has 2 aromatic rings. The minimum Gasteiger partial charge on any atom is -0.372 e. The number of halogens is 1. The summed E-state index contributed by atoms with van der Waals surface area (Å²) in [5.41, 5.74) is -0.262. The lowest BCUT2D eigenvalue weighted by Crippen LogP contribution is -2.28. The molecule has 0 bridgehead atoms. The van der Waals surface area contributed by atoms with Crippen LogP contribution in [0.2, 0.25) is 0 Å². The molecule has 1 heterocycles. The number of carbonyl (C=O) groups is 1. The van der Waals surface area contributed by atoms with Gasteiger partial charge in [-0.2, -0.15) is 0 Å². The van der Waals surface area contributed by atoms with Crippen LogP contribution in [0.1, 0.15) is 0 Å². The second-order valence-electron chi connectivity index (χ2n) is 4.55. The molecule has 110 valence electrons. The molecule has 7 nitrogen and oxygen atoms in total. The summed E-state index contributed by atoms with van der Waals surface area (Å²) >= 11 is 0. The Bertz CT molecular complexity index is 718. The lowest BCUT2D eigenvalue weighted by molar-refractivity contribution is -0.383. The molecule has 1 aromatic carbocycles. The molecule has 1 N–H and O–H groups in total. The number of likely N-dealkylation sites (N-methyl/N-ethyl adjacent to an activating group) is 1. The van der Waals surface area contributed by atoms with Crippen molar-refractivity contribution >= 4 is 28.2 Å². The lowest BCUT2D eigenvalue weighted by atomic mass is 10.1. The first-order valence-electron chi connectivity index (χ1n) is 6.07. The Kier molecular flexibility index (Phi) is 3.97. The van der Waals surface area contributed by atoms with E-state index in [1.807, 2.05) is 0 Å². The summed E-state index contributed by atoms with van der Waals surface area (Å²) in [4.78, 5) is 27.2. The van der Waals surface area contributed by atoms with Crippen molar-refractivity contribution in [2.24, 2.45) is 0 Å². The predicted molar refractivity (Wildman–Crippen MR) is 75.5 cm³/mol. The number of aromatic nitrogens is 1. The Hall–Kier alpha value is -2.77. The molecular formula is C13H13FN4O3. The minimum atomic E-state index is -0.820. The van der Waals surface area contributed by atoms with Crippen molar-refractivity contribution in [2.45, 2.75) is 0 Å². The number of rotatable bonds is 4. The molecule has 0 aliphatic rings. The number of benzene rings is 1. The summed E-state index contributed by atoms with van der Waals surface area (Å²) in [5, 5.41) is 13.8.